The Morgan fingerprint density at radius 3 is 2.50 bits per heavy atom. The number of anilines is 1. The molecule has 5 heteroatoms. The van der Waals surface area contributed by atoms with Gasteiger partial charge in [0.15, 0.2) is 0 Å². The van der Waals surface area contributed by atoms with Gasteiger partial charge in [-0.3, -0.25) is 4.79 Å². The predicted octanol–water partition coefficient (Wildman–Crippen LogP) is 5.61. The van der Waals surface area contributed by atoms with Crippen LogP contribution in [0.2, 0.25) is 0 Å². The Balaban J connectivity index is 1.13. The molecule has 1 aliphatic rings. The predicted molar refractivity (Wildman–Crippen MR) is 135 cm³/mol. The third kappa shape index (κ3) is 4.88. The third-order valence-electron chi connectivity index (χ3n) is 6.50. The van der Waals surface area contributed by atoms with Crippen molar-refractivity contribution < 1.29 is 9.32 Å². The first-order valence-corrected chi connectivity index (χ1v) is 11.9. The van der Waals surface area contributed by atoms with Gasteiger partial charge in [0.2, 0.25) is 0 Å². The maximum absolute atomic E-state index is 12.9. The summed E-state index contributed by atoms with van der Waals surface area (Å²) in [6.45, 7) is 2.57. The highest BCUT2D eigenvalue weighted by molar-refractivity contribution is 5.94. The number of carbonyl (C=O) groups excluding carboxylic acids is 1. The molecule has 0 fully saturated rings. The van der Waals surface area contributed by atoms with Crippen molar-refractivity contribution in [2.75, 3.05) is 25.0 Å². The van der Waals surface area contributed by atoms with Gasteiger partial charge in [-0.25, -0.2) is 0 Å². The van der Waals surface area contributed by atoms with E-state index in [2.05, 4.69) is 46.5 Å². The van der Waals surface area contributed by atoms with Crippen LogP contribution >= 0.6 is 0 Å². The number of hydrogen-bond donors (Lipinski definition) is 0. The molecule has 0 aliphatic carbocycles. The van der Waals surface area contributed by atoms with Gasteiger partial charge in [-0.2, -0.15) is 0 Å². The van der Waals surface area contributed by atoms with Crippen LogP contribution < -0.4 is 4.90 Å². The first kappa shape index (κ1) is 22.0. The van der Waals surface area contributed by atoms with Crippen LogP contribution in [0.15, 0.2) is 89.5 Å². The van der Waals surface area contributed by atoms with Crippen LogP contribution in [-0.2, 0) is 19.4 Å². The summed E-state index contributed by atoms with van der Waals surface area (Å²) in [5.74, 6) is 0.880. The maximum Gasteiger partial charge on any atom is 0.253 e. The number of carbonyl (C=O) groups is 1. The van der Waals surface area contributed by atoms with Crippen LogP contribution in [0.1, 0.15) is 33.7 Å². The first-order valence-electron chi connectivity index (χ1n) is 11.9. The fraction of sp³-hybridized carbons (Fsp3) is 0.241. The highest BCUT2D eigenvalue weighted by Gasteiger charge is 2.17. The van der Waals surface area contributed by atoms with Crippen LogP contribution in [0, 0.1) is 0 Å². The molecule has 0 spiro atoms. The normalized spacial score (nSPS) is 12.9. The van der Waals surface area contributed by atoms with E-state index in [9.17, 15) is 4.79 Å². The fourth-order valence-corrected chi connectivity index (χ4v) is 4.52. The quantitative estimate of drug-likeness (QED) is 0.367. The summed E-state index contributed by atoms with van der Waals surface area (Å²) in [6, 6.07) is 28.6. The highest BCUT2D eigenvalue weighted by atomic mass is 16.5. The molecule has 4 aromatic rings. The fourth-order valence-electron chi connectivity index (χ4n) is 4.52. The van der Waals surface area contributed by atoms with Gasteiger partial charge >= 0.3 is 0 Å². The number of benzene rings is 3. The largest absolute Gasteiger partial charge is 0.367 e. The molecule has 5 rings (SSSR count). The molecular formula is C29H29N3O2. The molecular weight excluding hydrogens is 422 g/mol. The second-order valence-electron chi connectivity index (χ2n) is 8.86. The van der Waals surface area contributed by atoms with E-state index >= 15 is 0 Å². The van der Waals surface area contributed by atoms with Crippen molar-refractivity contribution >= 4 is 11.6 Å². The molecule has 3 aromatic carbocycles. The third-order valence-corrected chi connectivity index (χ3v) is 6.50. The Labute approximate surface area is 200 Å². The lowest BCUT2D eigenvalue weighted by Gasteiger charge is -2.31. The number of amides is 1. The first-order chi connectivity index (χ1) is 16.7. The number of hydrogen-bond acceptors (Lipinski definition) is 4. The van der Waals surface area contributed by atoms with E-state index in [1.807, 2.05) is 55.6 Å². The lowest BCUT2D eigenvalue weighted by Crippen LogP contribution is -2.30. The molecule has 172 valence electrons. The molecule has 0 bridgehead atoms. The Kier molecular flexibility index (Phi) is 6.43. The average molecular weight is 452 g/mol. The van der Waals surface area contributed by atoms with E-state index in [1.54, 1.807) is 4.90 Å². The van der Waals surface area contributed by atoms with E-state index < -0.39 is 0 Å². The molecule has 0 saturated heterocycles. The zero-order valence-electron chi connectivity index (χ0n) is 19.5. The van der Waals surface area contributed by atoms with Gasteiger partial charge in [0.05, 0.1) is 0 Å². The summed E-state index contributed by atoms with van der Waals surface area (Å²) < 4.78 is 5.48. The Morgan fingerprint density at radius 2 is 1.71 bits per heavy atom. The second-order valence-corrected chi connectivity index (χ2v) is 8.86. The SMILES string of the molecule is CN(CCCc1cc(-c2ccccc2)no1)C(=O)c1ccc(N2CCc3ccccc3C2)cc1. The summed E-state index contributed by atoms with van der Waals surface area (Å²) >= 11 is 0. The van der Waals surface area contributed by atoms with Crippen LogP contribution in [0.5, 0.6) is 0 Å². The number of nitrogens with zero attached hydrogens (tertiary/aromatic N) is 3. The lowest BCUT2D eigenvalue weighted by molar-refractivity contribution is 0.0793. The number of aryl methyl sites for hydroxylation is 1. The van der Waals surface area contributed by atoms with Crippen molar-refractivity contribution in [2.45, 2.75) is 25.8 Å². The Morgan fingerprint density at radius 1 is 0.971 bits per heavy atom. The summed E-state index contributed by atoms with van der Waals surface area (Å²) in [4.78, 5) is 17.1. The number of aromatic nitrogens is 1. The van der Waals surface area contributed by atoms with Gasteiger partial charge in [0.25, 0.3) is 5.91 Å². The molecule has 1 aliphatic heterocycles. The van der Waals surface area contributed by atoms with Crippen molar-refractivity contribution in [3.63, 3.8) is 0 Å². The maximum atomic E-state index is 12.9. The number of rotatable bonds is 7. The molecule has 0 N–H and O–H groups in total. The molecule has 5 nitrogen and oxygen atoms in total. The standard InChI is InChI=1S/C29H29N3O2/c1-31(18-7-12-27-20-28(30-34-27)23-9-3-2-4-10-23)29(33)24-13-15-26(16-14-24)32-19-17-22-8-5-6-11-25(22)21-32/h2-6,8-11,13-16,20H,7,12,17-19,21H2,1H3. The second kappa shape index (κ2) is 9.96. The summed E-state index contributed by atoms with van der Waals surface area (Å²) in [5.41, 5.74) is 6.59. The average Bonchev–Trinajstić information content (AvgIpc) is 3.37. The number of fused-ring (bicyclic) bond motifs is 1. The van der Waals surface area contributed by atoms with Gasteiger partial charge in [0.1, 0.15) is 11.5 Å². The highest BCUT2D eigenvalue weighted by Crippen LogP contribution is 2.25. The zero-order chi connectivity index (χ0) is 23.3. The van der Waals surface area contributed by atoms with Gasteiger partial charge in [-0.15, -0.1) is 0 Å². The van der Waals surface area contributed by atoms with Crippen molar-refractivity contribution in [1.29, 1.82) is 0 Å². The van der Waals surface area contributed by atoms with Gasteiger partial charge < -0.3 is 14.3 Å². The van der Waals surface area contributed by atoms with E-state index in [4.69, 9.17) is 4.52 Å². The van der Waals surface area contributed by atoms with Crippen molar-refractivity contribution in [1.82, 2.24) is 10.1 Å². The molecule has 2 heterocycles. The van der Waals surface area contributed by atoms with E-state index in [1.165, 1.54) is 11.1 Å². The minimum Gasteiger partial charge on any atom is -0.367 e. The molecule has 34 heavy (non-hydrogen) atoms. The van der Waals surface area contributed by atoms with E-state index in [0.29, 0.717) is 6.54 Å². The van der Waals surface area contributed by atoms with E-state index in [0.717, 1.165) is 60.6 Å². The van der Waals surface area contributed by atoms with Crippen LogP contribution in [-0.4, -0.2) is 36.1 Å². The minimum atomic E-state index is 0.0399. The van der Waals surface area contributed by atoms with Crippen molar-refractivity contribution in [3.05, 3.63) is 107 Å². The summed E-state index contributed by atoms with van der Waals surface area (Å²) in [6.07, 6.45) is 2.61. The lowest BCUT2D eigenvalue weighted by atomic mass is 9.99. The van der Waals surface area contributed by atoms with Crippen LogP contribution in [0.4, 0.5) is 5.69 Å². The Bertz CT molecular complexity index is 1250. The summed E-state index contributed by atoms with van der Waals surface area (Å²) in [7, 11) is 1.85. The molecule has 0 saturated carbocycles. The summed E-state index contributed by atoms with van der Waals surface area (Å²) in [5, 5.41) is 4.17. The monoisotopic (exact) mass is 451 g/mol. The zero-order valence-corrected chi connectivity index (χ0v) is 19.5. The van der Waals surface area contributed by atoms with Crippen LogP contribution in [0.3, 0.4) is 0 Å². The van der Waals surface area contributed by atoms with Gasteiger partial charge in [0, 0.05) is 56.0 Å². The van der Waals surface area contributed by atoms with Gasteiger partial charge in [-0.05, 0) is 48.2 Å². The van der Waals surface area contributed by atoms with Gasteiger partial charge in [-0.1, -0.05) is 59.8 Å². The van der Waals surface area contributed by atoms with Crippen LogP contribution in [0.25, 0.3) is 11.3 Å². The molecule has 0 unspecified atom stereocenters. The van der Waals surface area contributed by atoms with Crippen molar-refractivity contribution in [3.8, 4) is 11.3 Å². The smallest absolute Gasteiger partial charge is 0.253 e. The van der Waals surface area contributed by atoms with E-state index in [-0.39, 0.29) is 5.91 Å². The molecule has 1 aromatic heterocycles. The molecule has 0 atom stereocenters. The topological polar surface area (TPSA) is 49.6 Å². The molecule has 0 radical (unpaired) electrons. The van der Waals surface area contributed by atoms with Crippen molar-refractivity contribution in [2.24, 2.45) is 0 Å². The minimum absolute atomic E-state index is 0.0399. The Hall–Kier alpha value is -3.86. The molecule has 1 amide bonds.